The Morgan fingerprint density at radius 1 is 1.12 bits per heavy atom. The van der Waals surface area contributed by atoms with Gasteiger partial charge in [0.15, 0.2) is 6.61 Å². The molecule has 1 amide bonds. The number of nitrogens with one attached hydrogen (secondary N) is 1. The summed E-state index contributed by atoms with van der Waals surface area (Å²) in [6.07, 6.45) is 0. The number of aryl methyl sites for hydroxylation is 1. The van der Waals surface area contributed by atoms with E-state index in [9.17, 15) is 4.79 Å². The Morgan fingerprint density at radius 2 is 1.83 bits per heavy atom. The number of rotatable bonds is 6. The first-order chi connectivity index (χ1) is 11.7. The molecule has 3 aromatic rings. The van der Waals surface area contributed by atoms with E-state index in [0.717, 1.165) is 22.6 Å². The number of hydrogen-bond acceptors (Lipinski definition) is 4. The number of benzene rings is 2. The molecule has 0 aliphatic heterocycles. The lowest BCUT2D eigenvalue weighted by atomic mass is 10.3. The second-order valence-corrected chi connectivity index (χ2v) is 5.32. The Bertz CT molecular complexity index is 840. The van der Waals surface area contributed by atoms with Crippen LogP contribution in [0.2, 0.25) is 0 Å². The van der Waals surface area contributed by atoms with Crippen LogP contribution in [0.15, 0.2) is 48.5 Å². The summed E-state index contributed by atoms with van der Waals surface area (Å²) < 4.78 is 12.5. The van der Waals surface area contributed by atoms with Crippen LogP contribution in [0.1, 0.15) is 5.82 Å². The maximum absolute atomic E-state index is 11.9. The quantitative estimate of drug-likeness (QED) is 0.755. The van der Waals surface area contributed by atoms with E-state index in [1.807, 2.05) is 35.9 Å². The number of para-hydroxylation sites is 2. The van der Waals surface area contributed by atoms with E-state index < -0.39 is 0 Å². The largest absolute Gasteiger partial charge is 0.497 e. The molecule has 6 nitrogen and oxygen atoms in total. The highest BCUT2D eigenvalue weighted by Gasteiger charge is 2.09. The van der Waals surface area contributed by atoms with Gasteiger partial charge in [0.25, 0.3) is 5.91 Å². The van der Waals surface area contributed by atoms with E-state index >= 15 is 0 Å². The van der Waals surface area contributed by atoms with Crippen molar-refractivity contribution in [1.82, 2.24) is 14.9 Å². The number of amides is 1. The summed E-state index contributed by atoms with van der Waals surface area (Å²) in [6.45, 7) is 0.312. The Hall–Kier alpha value is -3.02. The summed E-state index contributed by atoms with van der Waals surface area (Å²) in [6, 6.07) is 15.0. The van der Waals surface area contributed by atoms with Gasteiger partial charge in [-0.15, -0.1) is 0 Å². The summed E-state index contributed by atoms with van der Waals surface area (Å²) in [4.78, 5) is 16.5. The minimum Gasteiger partial charge on any atom is -0.497 e. The Morgan fingerprint density at radius 3 is 2.54 bits per heavy atom. The van der Waals surface area contributed by atoms with Gasteiger partial charge in [-0.05, 0) is 36.4 Å². The molecule has 1 N–H and O–H groups in total. The van der Waals surface area contributed by atoms with Crippen LogP contribution in [0, 0.1) is 0 Å². The van der Waals surface area contributed by atoms with Gasteiger partial charge in [-0.2, -0.15) is 0 Å². The van der Waals surface area contributed by atoms with Crippen molar-refractivity contribution in [2.45, 2.75) is 6.54 Å². The van der Waals surface area contributed by atoms with Crippen LogP contribution in [-0.4, -0.2) is 29.2 Å². The number of imidazole rings is 1. The second-order valence-electron chi connectivity index (χ2n) is 5.32. The van der Waals surface area contributed by atoms with Crippen molar-refractivity contribution in [3.05, 3.63) is 54.4 Å². The van der Waals surface area contributed by atoms with Crippen LogP contribution in [-0.2, 0) is 18.4 Å². The van der Waals surface area contributed by atoms with E-state index in [2.05, 4.69) is 10.3 Å². The number of aromatic nitrogens is 2. The summed E-state index contributed by atoms with van der Waals surface area (Å²) >= 11 is 0. The van der Waals surface area contributed by atoms with E-state index in [-0.39, 0.29) is 12.5 Å². The van der Waals surface area contributed by atoms with E-state index in [1.54, 1.807) is 31.4 Å². The Kier molecular flexibility index (Phi) is 4.65. The topological polar surface area (TPSA) is 65.4 Å². The van der Waals surface area contributed by atoms with Gasteiger partial charge in [0.1, 0.15) is 17.3 Å². The molecule has 1 aromatic heterocycles. The number of fused-ring (bicyclic) bond motifs is 1. The fraction of sp³-hybridized carbons (Fsp3) is 0.222. The average molecular weight is 325 g/mol. The van der Waals surface area contributed by atoms with Crippen molar-refractivity contribution >= 4 is 16.9 Å². The van der Waals surface area contributed by atoms with Crippen LogP contribution in [0.4, 0.5) is 0 Å². The molecule has 0 aliphatic rings. The number of methoxy groups -OCH3 is 1. The maximum Gasteiger partial charge on any atom is 0.258 e. The highest BCUT2D eigenvalue weighted by atomic mass is 16.5. The van der Waals surface area contributed by atoms with Crippen LogP contribution >= 0.6 is 0 Å². The van der Waals surface area contributed by atoms with Crippen molar-refractivity contribution in [2.75, 3.05) is 13.7 Å². The molecule has 1 heterocycles. The van der Waals surface area contributed by atoms with Crippen LogP contribution in [0.5, 0.6) is 11.5 Å². The SMILES string of the molecule is COc1ccc(OCC(=O)NCc2nc3ccccc3n2C)cc1. The molecular formula is C18H19N3O3. The molecule has 0 aliphatic carbocycles. The number of ether oxygens (including phenoxy) is 2. The second kappa shape index (κ2) is 7.04. The highest BCUT2D eigenvalue weighted by molar-refractivity contribution is 5.78. The molecule has 6 heteroatoms. The zero-order valence-electron chi connectivity index (χ0n) is 13.7. The van der Waals surface area contributed by atoms with Crippen LogP contribution in [0.25, 0.3) is 11.0 Å². The summed E-state index contributed by atoms with van der Waals surface area (Å²) in [5.41, 5.74) is 1.95. The van der Waals surface area contributed by atoms with Crippen molar-refractivity contribution in [2.24, 2.45) is 7.05 Å². The van der Waals surface area contributed by atoms with E-state index in [0.29, 0.717) is 12.3 Å². The normalized spacial score (nSPS) is 10.6. The lowest BCUT2D eigenvalue weighted by Gasteiger charge is -2.08. The van der Waals surface area contributed by atoms with Crippen molar-refractivity contribution in [3.8, 4) is 11.5 Å². The minimum atomic E-state index is -0.196. The summed E-state index contributed by atoms with van der Waals surface area (Å²) in [7, 11) is 3.54. The van der Waals surface area contributed by atoms with Gasteiger partial charge in [0.2, 0.25) is 0 Å². The number of nitrogens with zero attached hydrogens (tertiary/aromatic N) is 2. The smallest absolute Gasteiger partial charge is 0.258 e. The molecule has 0 radical (unpaired) electrons. The fourth-order valence-electron chi connectivity index (χ4n) is 2.40. The summed E-state index contributed by atoms with van der Waals surface area (Å²) in [5.74, 6) is 1.97. The van der Waals surface area contributed by atoms with E-state index in [1.165, 1.54) is 0 Å². The molecular weight excluding hydrogens is 306 g/mol. The Labute approximate surface area is 140 Å². The third-order valence-corrected chi connectivity index (χ3v) is 3.75. The highest BCUT2D eigenvalue weighted by Crippen LogP contribution is 2.17. The van der Waals surface area contributed by atoms with Gasteiger partial charge < -0.3 is 19.4 Å². The van der Waals surface area contributed by atoms with Gasteiger partial charge in [-0.1, -0.05) is 12.1 Å². The minimum absolute atomic E-state index is 0.0454. The zero-order valence-corrected chi connectivity index (χ0v) is 13.7. The van der Waals surface area contributed by atoms with Gasteiger partial charge in [0, 0.05) is 7.05 Å². The molecule has 0 spiro atoms. The Balaban J connectivity index is 1.53. The molecule has 0 fully saturated rings. The van der Waals surface area contributed by atoms with E-state index in [4.69, 9.17) is 9.47 Å². The molecule has 2 aromatic carbocycles. The van der Waals surface area contributed by atoms with Crippen LogP contribution in [0.3, 0.4) is 0 Å². The van der Waals surface area contributed by atoms with Gasteiger partial charge in [-0.3, -0.25) is 4.79 Å². The predicted octanol–water partition coefficient (Wildman–Crippen LogP) is 2.28. The lowest BCUT2D eigenvalue weighted by Crippen LogP contribution is -2.29. The molecule has 0 bridgehead atoms. The number of hydrogen-bond donors (Lipinski definition) is 1. The third-order valence-electron chi connectivity index (χ3n) is 3.75. The molecule has 0 atom stereocenters. The molecule has 0 saturated carbocycles. The standard InChI is InChI=1S/C18H19N3O3/c1-21-16-6-4-3-5-15(16)20-17(21)11-19-18(22)12-24-14-9-7-13(23-2)8-10-14/h3-10H,11-12H2,1-2H3,(H,19,22). The predicted molar refractivity (Wildman–Crippen MR) is 91.0 cm³/mol. The lowest BCUT2D eigenvalue weighted by molar-refractivity contribution is -0.123. The number of carbonyl (C=O) groups excluding carboxylic acids is 1. The molecule has 24 heavy (non-hydrogen) atoms. The summed E-state index contributed by atoms with van der Waals surface area (Å²) in [5, 5.41) is 2.82. The molecule has 124 valence electrons. The first-order valence-corrected chi connectivity index (χ1v) is 7.61. The number of carbonyl (C=O) groups is 1. The first kappa shape index (κ1) is 15.9. The van der Waals surface area contributed by atoms with Crippen LogP contribution < -0.4 is 14.8 Å². The third kappa shape index (κ3) is 3.48. The first-order valence-electron chi connectivity index (χ1n) is 7.61. The fourth-order valence-corrected chi connectivity index (χ4v) is 2.40. The molecule has 3 rings (SSSR count). The van der Waals surface area contributed by atoms with Crippen molar-refractivity contribution < 1.29 is 14.3 Å². The average Bonchev–Trinajstić information content (AvgIpc) is 2.95. The van der Waals surface area contributed by atoms with Crippen molar-refractivity contribution in [3.63, 3.8) is 0 Å². The molecule has 0 saturated heterocycles. The molecule has 0 unspecified atom stereocenters. The van der Waals surface area contributed by atoms with Gasteiger partial charge >= 0.3 is 0 Å². The van der Waals surface area contributed by atoms with Crippen molar-refractivity contribution in [1.29, 1.82) is 0 Å². The van der Waals surface area contributed by atoms with Gasteiger partial charge in [-0.25, -0.2) is 4.98 Å². The maximum atomic E-state index is 11.9. The monoisotopic (exact) mass is 325 g/mol. The zero-order chi connectivity index (χ0) is 16.9. The van der Waals surface area contributed by atoms with Gasteiger partial charge in [0.05, 0.1) is 24.7 Å².